The minimum atomic E-state index is -0.332. The van der Waals surface area contributed by atoms with Crippen molar-refractivity contribution in [2.45, 2.75) is 24.4 Å². The van der Waals surface area contributed by atoms with Gasteiger partial charge in [-0.15, -0.1) is 11.8 Å². The summed E-state index contributed by atoms with van der Waals surface area (Å²) in [5.74, 6) is 1.55. The summed E-state index contributed by atoms with van der Waals surface area (Å²) in [5.41, 5.74) is 5.48. The molecule has 1 unspecified atom stereocenters. The summed E-state index contributed by atoms with van der Waals surface area (Å²) in [7, 11) is 1.60. The highest BCUT2D eigenvalue weighted by molar-refractivity contribution is 7.98. The van der Waals surface area contributed by atoms with Gasteiger partial charge in [-0.3, -0.25) is 0 Å². The van der Waals surface area contributed by atoms with Crippen LogP contribution in [0.5, 0.6) is 5.75 Å². The van der Waals surface area contributed by atoms with Crippen LogP contribution >= 0.6 is 11.8 Å². The second kappa shape index (κ2) is 10.4. The molecule has 7 nitrogen and oxygen atoms in total. The number of ether oxygens (including phenoxy) is 1. The Hall–Kier alpha value is -4.43. The molecular weight excluding hydrogens is 506 g/mol. The maximum Gasteiger partial charge on any atom is 0.323 e. The van der Waals surface area contributed by atoms with E-state index in [-0.39, 0.29) is 12.1 Å². The van der Waals surface area contributed by atoms with Crippen molar-refractivity contribution in [3.63, 3.8) is 0 Å². The predicted molar refractivity (Wildman–Crippen MR) is 155 cm³/mol. The predicted octanol–water partition coefficient (Wildman–Crippen LogP) is 6.84. The molecule has 0 fully saturated rings. The molecule has 0 bridgehead atoms. The molecule has 8 heteroatoms. The molecule has 1 N–H and O–H groups in total. The lowest BCUT2D eigenvalue weighted by atomic mass is 10.0. The van der Waals surface area contributed by atoms with E-state index in [1.807, 2.05) is 77.2 Å². The van der Waals surface area contributed by atoms with E-state index >= 15 is 0 Å². The lowest BCUT2D eigenvalue weighted by molar-refractivity contribution is 0.194. The number of carbonyl (C=O) groups is 1. The van der Waals surface area contributed by atoms with Crippen LogP contribution in [0.2, 0.25) is 0 Å². The SMILES string of the molecule is COc1ccccc1NC(=O)N1Cc2c(C)nn(-c3ccccc3)c2-n2cccc2C1c1ccc(SC)cc1. The fourth-order valence-electron chi connectivity index (χ4n) is 5.22. The van der Waals surface area contributed by atoms with Gasteiger partial charge in [-0.25, -0.2) is 9.48 Å². The number of amides is 2. The van der Waals surface area contributed by atoms with Crippen molar-refractivity contribution in [3.05, 3.63) is 120 Å². The highest BCUT2D eigenvalue weighted by Gasteiger charge is 2.36. The Morgan fingerprint density at radius 1 is 0.974 bits per heavy atom. The van der Waals surface area contributed by atoms with E-state index in [0.717, 1.165) is 34.0 Å². The van der Waals surface area contributed by atoms with Gasteiger partial charge in [0.1, 0.15) is 11.6 Å². The Balaban J connectivity index is 1.53. The van der Waals surface area contributed by atoms with Gasteiger partial charge in [0.05, 0.1) is 42.5 Å². The summed E-state index contributed by atoms with van der Waals surface area (Å²) in [6.45, 7) is 2.39. The number of urea groups is 1. The van der Waals surface area contributed by atoms with Crippen molar-refractivity contribution in [2.75, 3.05) is 18.7 Å². The molecule has 1 atom stereocenters. The minimum Gasteiger partial charge on any atom is -0.495 e. The van der Waals surface area contributed by atoms with Crippen molar-refractivity contribution in [2.24, 2.45) is 0 Å². The number of aryl methyl sites for hydroxylation is 1. The van der Waals surface area contributed by atoms with E-state index in [0.29, 0.717) is 18.0 Å². The van der Waals surface area contributed by atoms with E-state index in [1.165, 1.54) is 4.90 Å². The summed E-state index contributed by atoms with van der Waals surface area (Å²) in [6.07, 6.45) is 4.12. The summed E-state index contributed by atoms with van der Waals surface area (Å²) in [5, 5.41) is 8.04. The van der Waals surface area contributed by atoms with Crippen molar-refractivity contribution < 1.29 is 9.53 Å². The molecule has 3 heterocycles. The fraction of sp³-hybridized carbons (Fsp3) is 0.161. The Morgan fingerprint density at radius 2 is 1.72 bits per heavy atom. The Kier molecular flexibility index (Phi) is 6.62. The van der Waals surface area contributed by atoms with E-state index in [2.05, 4.69) is 52.7 Å². The first-order valence-corrected chi connectivity index (χ1v) is 14.0. The molecule has 39 heavy (non-hydrogen) atoms. The molecule has 0 aliphatic carbocycles. The van der Waals surface area contributed by atoms with E-state index < -0.39 is 0 Å². The van der Waals surface area contributed by atoms with Crippen molar-refractivity contribution in [1.29, 1.82) is 0 Å². The third-order valence-corrected chi connectivity index (χ3v) is 7.87. The Morgan fingerprint density at radius 3 is 2.46 bits per heavy atom. The summed E-state index contributed by atoms with van der Waals surface area (Å²) in [4.78, 5) is 17.2. The number of aromatic nitrogens is 3. The number of methoxy groups -OCH3 is 1. The largest absolute Gasteiger partial charge is 0.495 e. The number of carbonyl (C=O) groups excluding carboxylic acids is 1. The number of anilines is 1. The molecule has 0 saturated carbocycles. The zero-order valence-corrected chi connectivity index (χ0v) is 22.9. The maximum atomic E-state index is 14.1. The average Bonchev–Trinajstić information content (AvgIpc) is 3.54. The quantitative estimate of drug-likeness (QED) is 0.250. The lowest BCUT2D eigenvalue weighted by Gasteiger charge is -2.31. The van der Waals surface area contributed by atoms with Gasteiger partial charge in [0.25, 0.3) is 0 Å². The minimum absolute atomic E-state index is 0.217. The highest BCUT2D eigenvalue weighted by Crippen LogP contribution is 2.39. The molecule has 196 valence electrons. The molecule has 1 aliphatic rings. The number of thioether (sulfide) groups is 1. The second-order valence-corrected chi connectivity index (χ2v) is 10.3. The number of hydrogen-bond donors (Lipinski definition) is 1. The van der Waals surface area contributed by atoms with Gasteiger partial charge in [0.2, 0.25) is 0 Å². The zero-order chi connectivity index (χ0) is 26.9. The Labute approximate surface area is 232 Å². The maximum absolute atomic E-state index is 14.1. The van der Waals surface area contributed by atoms with Crippen LogP contribution in [0, 0.1) is 6.92 Å². The molecule has 1 aliphatic heterocycles. The first kappa shape index (κ1) is 24.9. The van der Waals surface area contributed by atoms with Crippen LogP contribution in [-0.2, 0) is 6.54 Å². The molecular formula is C31H29N5O2S. The lowest BCUT2D eigenvalue weighted by Crippen LogP contribution is -2.38. The van der Waals surface area contributed by atoms with Crippen molar-refractivity contribution >= 4 is 23.5 Å². The van der Waals surface area contributed by atoms with Gasteiger partial charge in [0, 0.05) is 16.7 Å². The molecule has 5 aromatic rings. The summed E-state index contributed by atoms with van der Waals surface area (Å²) in [6, 6.07) is 29.6. The van der Waals surface area contributed by atoms with Crippen LogP contribution in [0.1, 0.15) is 28.6 Å². The van der Waals surface area contributed by atoms with Gasteiger partial charge in [0.15, 0.2) is 0 Å². The number of hydrogen-bond acceptors (Lipinski definition) is 4. The van der Waals surface area contributed by atoms with Gasteiger partial charge in [-0.1, -0.05) is 42.5 Å². The van der Waals surface area contributed by atoms with Gasteiger partial charge < -0.3 is 19.5 Å². The van der Waals surface area contributed by atoms with Crippen LogP contribution in [0.4, 0.5) is 10.5 Å². The fourth-order valence-corrected chi connectivity index (χ4v) is 5.63. The molecule has 0 spiro atoms. The third kappa shape index (κ3) is 4.46. The Bertz CT molecular complexity index is 1620. The van der Waals surface area contributed by atoms with Crippen LogP contribution in [0.15, 0.2) is 102 Å². The summed E-state index contributed by atoms with van der Waals surface area (Å²) < 4.78 is 9.66. The normalized spacial score (nSPS) is 14.3. The second-order valence-electron chi connectivity index (χ2n) is 9.37. The topological polar surface area (TPSA) is 64.3 Å². The number of fused-ring (bicyclic) bond motifs is 3. The number of rotatable bonds is 5. The standard InChI is InChI=1S/C31H29N5O2S/c1-21-25-20-35(31(37)32-26-12-7-8-14-28(26)38-2)29(22-15-17-24(39-3)18-16-22)27-13-9-19-34(27)30(25)36(33-21)23-10-5-4-6-11-23/h4-19,29H,20H2,1-3H3,(H,32,37). The number of nitrogens with one attached hydrogen (secondary N) is 1. The summed E-state index contributed by atoms with van der Waals surface area (Å²) >= 11 is 1.70. The first-order chi connectivity index (χ1) is 19.1. The van der Waals surface area contributed by atoms with Crippen LogP contribution < -0.4 is 10.1 Å². The van der Waals surface area contributed by atoms with Gasteiger partial charge >= 0.3 is 6.03 Å². The average molecular weight is 536 g/mol. The molecule has 0 saturated heterocycles. The van der Waals surface area contributed by atoms with E-state index in [4.69, 9.17) is 9.84 Å². The third-order valence-electron chi connectivity index (χ3n) is 7.13. The molecule has 6 rings (SSSR count). The molecule has 2 amide bonds. The van der Waals surface area contributed by atoms with Crippen LogP contribution in [0.25, 0.3) is 11.5 Å². The van der Waals surface area contributed by atoms with E-state index in [1.54, 1.807) is 18.9 Å². The highest BCUT2D eigenvalue weighted by atomic mass is 32.2. The zero-order valence-electron chi connectivity index (χ0n) is 22.0. The van der Waals surface area contributed by atoms with Gasteiger partial charge in [-0.05, 0) is 67.3 Å². The number of benzene rings is 3. The van der Waals surface area contributed by atoms with Crippen LogP contribution in [-0.4, -0.2) is 38.6 Å². The molecule has 2 aromatic heterocycles. The first-order valence-electron chi connectivity index (χ1n) is 12.7. The smallest absolute Gasteiger partial charge is 0.323 e. The van der Waals surface area contributed by atoms with E-state index in [9.17, 15) is 4.79 Å². The van der Waals surface area contributed by atoms with Crippen LogP contribution in [0.3, 0.4) is 0 Å². The van der Waals surface area contributed by atoms with Crippen molar-refractivity contribution in [1.82, 2.24) is 19.2 Å². The number of nitrogens with zero attached hydrogens (tertiary/aromatic N) is 4. The molecule has 3 aromatic carbocycles. The molecule has 0 radical (unpaired) electrons. The van der Waals surface area contributed by atoms with Crippen molar-refractivity contribution in [3.8, 4) is 17.3 Å². The number of para-hydroxylation sites is 3. The van der Waals surface area contributed by atoms with Gasteiger partial charge in [-0.2, -0.15) is 5.10 Å². The monoisotopic (exact) mass is 535 g/mol.